The first-order chi connectivity index (χ1) is 25.1. The lowest BCUT2D eigenvalue weighted by Crippen LogP contribution is -2.50. The number of nitrogens with one attached hydrogen (secondary N) is 4. The van der Waals surface area contributed by atoms with Crippen molar-refractivity contribution in [1.29, 1.82) is 0 Å². The molecule has 0 aliphatic carbocycles. The summed E-state index contributed by atoms with van der Waals surface area (Å²) >= 11 is 0. The Morgan fingerprint density at radius 2 is 0.491 bits per heavy atom. The molecule has 0 saturated carbocycles. The molecular weight excluding hydrogens is 707 g/mol. The Bertz CT molecular complexity index is 1620. The fraction of sp³-hybridized carbons (Fsp3) is 0.550. The SMILES string of the molecule is FC(F)(F)c1ccc(C2C3CCC(N3)C3CCC(N3)C(c3ccc(C(F)(F)F)cc3)C3CCC(N3)C(c3ccc(C(F)(F)F)cc3)C3CCC2N3)cc1. The van der Waals surface area contributed by atoms with Crippen molar-refractivity contribution >= 4 is 0 Å². The molecule has 5 saturated heterocycles. The molecule has 5 heterocycles. The van der Waals surface area contributed by atoms with Crippen molar-refractivity contribution in [3.8, 4) is 0 Å². The first-order valence-electron chi connectivity index (χ1n) is 18.7. The van der Waals surface area contributed by atoms with Crippen molar-refractivity contribution < 1.29 is 39.5 Å². The maximum absolute atomic E-state index is 13.6. The standard InChI is InChI=1S/C40H43F9N4/c41-38(42,43)24-7-1-21(2-8-24)35-29-15-13-27(50-29)28-14-16-30(51-28)36(22-3-9-25(10-4-22)39(44,45)46)32-18-20-34(53-32)37(33-19-17-31(35)52-33)23-5-11-26(12-6-23)40(47,48)49/h1-12,27-37,50-53H,13-20H2. The molecule has 10 unspecified atom stereocenters. The molecule has 10 atom stereocenters. The molecule has 13 heteroatoms. The van der Waals surface area contributed by atoms with E-state index in [4.69, 9.17) is 0 Å². The molecule has 8 rings (SSSR count). The number of benzene rings is 3. The van der Waals surface area contributed by atoms with E-state index in [9.17, 15) is 39.5 Å². The van der Waals surface area contributed by atoms with Crippen LogP contribution in [-0.4, -0.2) is 48.3 Å². The van der Waals surface area contributed by atoms with E-state index in [-0.39, 0.29) is 66.1 Å². The van der Waals surface area contributed by atoms with Gasteiger partial charge < -0.3 is 21.3 Å². The van der Waals surface area contributed by atoms with E-state index in [0.29, 0.717) is 0 Å². The Balaban J connectivity index is 1.18. The largest absolute Gasteiger partial charge is 0.416 e. The Morgan fingerprint density at radius 3 is 0.698 bits per heavy atom. The first kappa shape index (κ1) is 36.8. The number of rotatable bonds is 3. The molecule has 286 valence electrons. The highest BCUT2D eigenvalue weighted by atomic mass is 19.4. The van der Waals surface area contributed by atoms with Crippen LogP contribution >= 0.6 is 0 Å². The lowest BCUT2D eigenvalue weighted by molar-refractivity contribution is -0.138. The van der Waals surface area contributed by atoms with Crippen molar-refractivity contribution in [3.63, 3.8) is 0 Å². The number of fused-ring (bicyclic) bond motifs is 9. The minimum Gasteiger partial charge on any atom is -0.310 e. The van der Waals surface area contributed by atoms with Gasteiger partial charge in [-0.05, 0) is 104 Å². The van der Waals surface area contributed by atoms with Gasteiger partial charge in [0.25, 0.3) is 0 Å². The van der Waals surface area contributed by atoms with Crippen LogP contribution in [0.1, 0.15) is 103 Å². The van der Waals surface area contributed by atoms with Gasteiger partial charge in [-0.2, -0.15) is 39.5 Å². The topological polar surface area (TPSA) is 48.1 Å². The summed E-state index contributed by atoms with van der Waals surface area (Å²) < 4.78 is 122. The summed E-state index contributed by atoms with van der Waals surface area (Å²) in [5.41, 5.74) is 0.226. The maximum Gasteiger partial charge on any atom is 0.416 e. The molecule has 5 aliphatic rings. The zero-order chi connectivity index (χ0) is 37.3. The minimum atomic E-state index is -4.49. The zero-order valence-electron chi connectivity index (χ0n) is 28.8. The van der Waals surface area contributed by atoms with E-state index in [2.05, 4.69) is 21.3 Å². The summed E-state index contributed by atoms with van der Waals surface area (Å²) in [5, 5.41) is 15.5. The molecule has 3 aromatic rings. The second-order valence-electron chi connectivity index (χ2n) is 15.8. The normalized spacial score (nSPS) is 34.9. The molecule has 4 nitrogen and oxygen atoms in total. The monoisotopic (exact) mass is 750 g/mol. The molecule has 5 aliphatic heterocycles. The molecular formula is C40H43F9N4. The van der Waals surface area contributed by atoms with Crippen LogP contribution in [0.2, 0.25) is 0 Å². The van der Waals surface area contributed by atoms with Gasteiger partial charge in [-0.25, -0.2) is 0 Å². The Labute approximate surface area is 302 Å². The van der Waals surface area contributed by atoms with Crippen molar-refractivity contribution in [1.82, 2.24) is 21.3 Å². The number of hydrogen-bond donors (Lipinski definition) is 4. The van der Waals surface area contributed by atoms with Gasteiger partial charge in [0.15, 0.2) is 0 Å². The molecule has 8 bridgehead atoms. The predicted octanol–water partition coefficient (Wildman–Crippen LogP) is 8.89. The highest BCUT2D eigenvalue weighted by Gasteiger charge is 2.49. The van der Waals surface area contributed by atoms with Gasteiger partial charge in [-0.3, -0.25) is 0 Å². The molecule has 3 aromatic carbocycles. The lowest BCUT2D eigenvalue weighted by atomic mass is 9.82. The van der Waals surface area contributed by atoms with Gasteiger partial charge >= 0.3 is 18.5 Å². The molecule has 53 heavy (non-hydrogen) atoms. The highest BCUT2D eigenvalue weighted by molar-refractivity contribution is 5.35. The van der Waals surface area contributed by atoms with Gasteiger partial charge in [0.2, 0.25) is 0 Å². The third kappa shape index (κ3) is 7.35. The van der Waals surface area contributed by atoms with Gasteiger partial charge in [-0.1, -0.05) is 36.4 Å². The summed E-state index contributed by atoms with van der Waals surface area (Å²) in [4.78, 5) is 0. The number of halogens is 9. The van der Waals surface area contributed by atoms with Crippen LogP contribution in [0.3, 0.4) is 0 Å². The average molecular weight is 751 g/mol. The Morgan fingerprint density at radius 1 is 0.302 bits per heavy atom. The summed E-state index contributed by atoms with van der Waals surface area (Å²) in [6, 6.07) is 16.0. The van der Waals surface area contributed by atoms with E-state index in [1.807, 2.05) is 0 Å². The predicted molar refractivity (Wildman–Crippen MR) is 182 cm³/mol. The summed E-state index contributed by atoms with van der Waals surface area (Å²) in [7, 11) is 0. The first-order valence-corrected chi connectivity index (χ1v) is 18.7. The third-order valence-electron chi connectivity index (χ3n) is 12.8. The quantitative estimate of drug-likeness (QED) is 0.202. The Kier molecular flexibility index (Phi) is 9.63. The second kappa shape index (κ2) is 13.9. The smallest absolute Gasteiger partial charge is 0.310 e. The molecule has 5 fully saturated rings. The molecule has 4 N–H and O–H groups in total. The van der Waals surface area contributed by atoms with Crippen LogP contribution in [0.4, 0.5) is 39.5 Å². The van der Waals surface area contributed by atoms with E-state index in [1.54, 1.807) is 36.4 Å². The fourth-order valence-corrected chi connectivity index (χ4v) is 10.5. The van der Waals surface area contributed by atoms with Crippen molar-refractivity contribution in [2.45, 2.75) is 136 Å². The average Bonchev–Trinajstić information content (AvgIpc) is 3.94. The van der Waals surface area contributed by atoms with Gasteiger partial charge in [-0.15, -0.1) is 0 Å². The maximum atomic E-state index is 13.6. The molecule has 0 radical (unpaired) electrons. The highest BCUT2D eigenvalue weighted by Crippen LogP contribution is 2.45. The van der Waals surface area contributed by atoms with E-state index < -0.39 is 35.2 Å². The third-order valence-corrected chi connectivity index (χ3v) is 12.8. The number of alkyl halides is 9. The van der Waals surface area contributed by atoms with Gasteiger partial charge in [0.1, 0.15) is 0 Å². The van der Waals surface area contributed by atoms with E-state index in [0.717, 1.165) is 104 Å². The lowest BCUT2D eigenvalue weighted by Gasteiger charge is -2.35. The second-order valence-corrected chi connectivity index (χ2v) is 15.8. The van der Waals surface area contributed by atoms with Crippen LogP contribution < -0.4 is 21.3 Å². The minimum absolute atomic E-state index is 0.0243. The summed E-state index contributed by atoms with van der Waals surface area (Å²) in [5.74, 6) is -0.522. The Hall–Kier alpha value is -3.13. The zero-order valence-corrected chi connectivity index (χ0v) is 28.8. The van der Waals surface area contributed by atoms with Gasteiger partial charge in [0.05, 0.1) is 16.7 Å². The van der Waals surface area contributed by atoms with Crippen LogP contribution in [0.25, 0.3) is 0 Å². The number of hydrogen-bond acceptors (Lipinski definition) is 4. The molecule has 0 aromatic heterocycles. The van der Waals surface area contributed by atoms with Crippen LogP contribution in [-0.2, 0) is 18.5 Å². The van der Waals surface area contributed by atoms with Gasteiger partial charge in [0, 0.05) is 66.1 Å². The van der Waals surface area contributed by atoms with Crippen LogP contribution in [0.15, 0.2) is 72.8 Å². The van der Waals surface area contributed by atoms with Crippen LogP contribution in [0, 0.1) is 0 Å². The van der Waals surface area contributed by atoms with Crippen molar-refractivity contribution in [2.75, 3.05) is 0 Å². The molecule has 0 amide bonds. The van der Waals surface area contributed by atoms with Crippen molar-refractivity contribution in [2.24, 2.45) is 0 Å². The summed E-state index contributed by atoms with van der Waals surface area (Å²) in [6.45, 7) is 0. The molecule has 0 spiro atoms. The van der Waals surface area contributed by atoms with Crippen LogP contribution in [0.5, 0.6) is 0 Å². The summed E-state index contributed by atoms with van der Waals surface area (Å²) in [6.07, 6.45) is -7.11. The fourth-order valence-electron chi connectivity index (χ4n) is 10.5. The van der Waals surface area contributed by atoms with E-state index >= 15 is 0 Å². The van der Waals surface area contributed by atoms with E-state index in [1.165, 1.54) is 0 Å². The van der Waals surface area contributed by atoms with Crippen molar-refractivity contribution in [3.05, 3.63) is 106 Å².